The van der Waals surface area contributed by atoms with Gasteiger partial charge in [-0.2, -0.15) is 0 Å². The molecule has 0 aromatic rings. The molecule has 0 aliphatic carbocycles. The number of thioether (sulfide) groups is 1. The molecule has 1 aliphatic heterocycles. The number of aliphatic imine (C=N–C) groups is 1. The van der Waals surface area contributed by atoms with Crippen molar-refractivity contribution in [3.63, 3.8) is 0 Å². The maximum atomic E-state index is 3.84. The molecule has 2 heteroatoms. The van der Waals surface area contributed by atoms with Gasteiger partial charge in [-0.15, -0.1) is 11.8 Å². The second kappa shape index (κ2) is 16.0. The number of nitrogens with zero attached hydrogens (tertiary/aromatic N) is 1. The van der Waals surface area contributed by atoms with Crippen LogP contribution in [0.4, 0.5) is 0 Å². The summed E-state index contributed by atoms with van der Waals surface area (Å²) in [5.74, 6) is 1.14. The first-order valence-electron chi connectivity index (χ1n) is 7.24. The zero-order valence-corrected chi connectivity index (χ0v) is 12.4. The largest absolute Gasteiger partial charge is 0.275 e. The van der Waals surface area contributed by atoms with Gasteiger partial charge in [0.15, 0.2) is 0 Å². The van der Waals surface area contributed by atoms with Crippen LogP contribution in [0.5, 0.6) is 0 Å². The van der Waals surface area contributed by atoms with Crippen molar-refractivity contribution in [2.45, 2.75) is 71.1 Å². The van der Waals surface area contributed by atoms with E-state index in [1.807, 2.05) is 0 Å². The van der Waals surface area contributed by atoms with Crippen LogP contribution in [-0.2, 0) is 0 Å². The smallest absolute Gasteiger partial charge is 0.122 e. The lowest BCUT2D eigenvalue weighted by molar-refractivity contribution is 0.566. The van der Waals surface area contributed by atoms with Gasteiger partial charge in [0.25, 0.3) is 0 Å². The number of rotatable bonds is 9. The molecular weight excluding hydrogens is 226 g/mol. The average molecular weight is 255 g/mol. The Morgan fingerprint density at radius 3 is 1.94 bits per heavy atom. The Hall–Kier alpha value is 0.0200. The Morgan fingerprint density at radius 2 is 1.59 bits per heavy atom. The Morgan fingerprint density at radius 1 is 1.00 bits per heavy atom. The first-order valence-corrected chi connectivity index (χ1v) is 8.23. The molecular formula is C15H29NS. The van der Waals surface area contributed by atoms with Crippen LogP contribution < -0.4 is 0 Å². The summed E-state index contributed by atoms with van der Waals surface area (Å²) in [5, 5.41) is 0. The summed E-state index contributed by atoms with van der Waals surface area (Å²) >= 11 is 1.66. The molecule has 17 heavy (non-hydrogen) atoms. The van der Waals surface area contributed by atoms with Crippen molar-refractivity contribution in [3.8, 4) is 0 Å². The monoisotopic (exact) mass is 255 g/mol. The van der Waals surface area contributed by atoms with E-state index in [2.05, 4.69) is 24.4 Å². The highest BCUT2D eigenvalue weighted by atomic mass is 32.2. The van der Waals surface area contributed by atoms with E-state index in [4.69, 9.17) is 0 Å². The highest BCUT2D eigenvalue weighted by Crippen LogP contribution is 2.09. The first kappa shape index (κ1) is 17.0. The zero-order valence-electron chi connectivity index (χ0n) is 11.5. The van der Waals surface area contributed by atoms with Gasteiger partial charge in [0.1, 0.15) is 5.55 Å². The number of hydrogen-bond acceptors (Lipinski definition) is 2. The fourth-order valence-electron chi connectivity index (χ4n) is 1.72. The SMILES string of the molecule is [CH2]CCCCCCCCCCC.[C]1=NCCS1. The molecule has 2 radical (unpaired) electrons. The van der Waals surface area contributed by atoms with Crippen LogP contribution in [0.25, 0.3) is 0 Å². The molecule has 0 unspecified atom stereocenters. The highest BCUT2D eigenvalue weighted by molar-refractivity contribution is 8.12. The van der Waals surface area contributed by atoms with Crippen LogP contribution in [0.15, 0.2) is 4.99 Å². The molecule has 0 bridgehead atoms. The van der Waals surface area contributed by atoms with Gasteiger partial charge in [-0.1, -0.05) is 78.1 Å². The summed E-state index contributed by atoms with van der Waals surface area (Å²) in [6, 6.07) is 0. The quantitative estimate of drug-likeness (QED) is 0.504. The fourth-order valence-corrected chi connectivity index (χ4v) is 2.17. The van der Waals surface area contributed by atoms with E-state index < -0.39 is 0 Å². The minimum absolute atomic E-state index is 0.977. The van der Waals surface area contributed by atoms with Crippen LogP contribution in [0.3, 0.4) is 0 Å². The summed E-state index contributed by atoms with van der Waals surface area (Å²) in [5.41, 5.74) is 2.76. The molecule has 1 heterocycles. The van der Waals surface area contributed by atoms with Gasteiger partial charge in [-0.3, -0.25) is 4.99 Å². The Bertz CT molecular complexity index is 141. The standard InChI is InChI=1S/C12H25.C3H4NS/c1-3-5-7-9-11-12-10-8-6-4-2;1-2-5-3-4-1/h1,3-12H2,2H3;1-2H2. The molecule has 0 spiro atoms. The lowest BCUT2D eigenvalue weighted by atomic mass is 10.1. The second-order valence-electron chi connectivity index (χ2n) is 4.50. The fraction of sp³-hybridized carbons (Fsp3) is 0.867. The summed E-state index contributed by atoms with van der Waals surface area (Å²) < 4.78 is 0. The third-order valence-electron chi connectivity index (χ3n) is 2.79. The summed E-state index contributed by atoms with van der Waals surface area (Å²) in [6.07, 6.45) is 13.9. The summed E-state index contributed by atoms with van der Waals surface area (Å²) in [4.78, 5) is 3.80. The number of unbranched alkanes of at least 4 members (excludes halogenated alkanes) is 9. The molecule has 1 nitrogen and oxygen atoms in total. The maximum absolute atomic E-state index is 3.84. The van der Waals surface area contributed by atoms with Crippen LogP contribution >= 0.6 is 11.8 Å². The van der Waals surface area contributed by atoms with Crippen molar-refractivity contribution in [3.05, 3.63) is 6.92 Å². The van der Waals surface area contributed by atoms with Crippen molar-refractivity contribution in [2.24, 2.45) is 4.99 Å². The highest BCUT2D eigenvalue weighted by Gasteiger charge is 1.90. The van der Waals surface area contributed by atoms with E-state index >= 15 is 0 Å². The van der Waals surface area contributed by atoms with Crippen LogP contribution in [0.1, 0.15) is 71.1 Å². The van der Waals surface area contributed by atoms with E-state index in [1.54, 1.807) is 11.8 Å². The minimum Gasteiger partial charge on any atom is -0.275 e. The molecule has 0 N–H and O–H groups in total. The first-order chi connectivity index (χ1) is 8.41. The Labute approximate surface area is 113 Å². The topological polar surface area (TPSA) is 12.4 Å². The normalized spacial score (nSPS) is 13.5. The van der Waals surface area contributed by atoms with Crippen LogP contribution in [0, 0.1) is 6.92 Å². The lowest BCUT2D eigenvalue weighted by Crippen LogP contribution is -1.80. The van der Waals surface area contributed by atoms with E-state index in [0.29, 0.717) is 0 Å². The predicted molar refractivity (Wildman–Crippen MR) is 82.0 cm³/mol. The van der Waals surface area contributed by atoms with Gasteiger partial charge in [-0.25, -0.2) is 0 Å². The number of hydrogen-bond donors (Lipinski definition) is 0. The molecule has 0 aromatic heterocycles. The third-order valence-corrected chi connectivity index (χ3v) is 3.43. The average Bonchev–Trinajstić information content (AvgIpc) is 2.92. The minimum atomic E-state index is 0.977. The molecule has 100 valence electrons. The molecule has 0 saturated carbocycles. The summed E-state index contributed by atoms with van der Waals surface area (Å²) in [7, 11) is 0. The molecule has 1 aliphatic rings. The van der Waals surface area contributed by atoms with Gasteiger partial charge in [0, 0.05) is 12.3 Å². The van der Waals surface area contributed by atoms with Gasteiger partial charge in [-0.05, 0) is 0 Å². The van der Waals surface area contributed by atoms with Crippen molar-refractivity contribution in [2.75, 3.05) is 12.3 Å². The second-order valence-corrected chi connectivity index (χ2v) is 5.38. The molecule has 0 fully saturated rings. The van der Waals surface area contributed by atoms with Crippen LogP contribution in [-0.4, -0.2) is 17.8 Å². The molecule has 0 saturated heterocycles. The summed E-state index contributed by atoms with van der Waals surface area (Å²) in [6.45, 7) is 7.09. The van der Waals surface area contributed by atoms with Crippen molar-refractivity contribution >= 4 is 17.3 Å². The molecule has 0 atom stereocenters. The predicted octanol–water partition coefficient (Wildman–Crippen LogP) is 5.38. The van der Waals surface area contributed by atoms with Crippen molar-refractivity contribution in [1.82, 2.24) is 0 Å². The third kappa shape index (κ3) is 16.0. The maximum Gasteiger partial charge on any atom is 0.122 e. The Kier molecular flexibility index (Phi) is 16.0. The van der Waals surface area contributed by atoms with E-state index in [-0.39, 0.29) is 0 Å². The van der Waals surface area contributed by atoms with Gasteiger partial charge < -0.3 is 0 Å². The van der Waals surface area contributed by atoms with Gasteiger partial charge in [0.05, 0.1) is 0 Å². The van der Waals surface area contributed by atoms with E-state index in [0.717, 1.165) is 18.7 Å². The van der Waals surface area contributed by atoms with Crippen molar-refractivity contribution in [1.29, 1.82) is 0 Å². The van der Waals surface area contributed by atoms with E-state index in [1.165, 1.54) is 57.8 Å². The molecule has 1 rings (SSSR count). The van der Waals surface area contributed by atoms with Gasteiger partial charge >= 0.3 is 0 Å². The van der Waals surface area contributed by atoms with E-state index in [9.17, 15) is 0 Å². The molecule has 0 amide bonds. The molecule has 0 aromatic carbocycles. The van der Waals surface area contributed by atoms with Crippen molar-refractivity contribution < 1.29 is 0 Å². The zero-order chi connectivity index (χ0) is 12.6. The van der Waals surface area contributed by atoms with Gasteiger partial charge in [0.2, 0.25) is 0 Å². The lowest BCUT2D eigenvalue weighted by Gasteiger charge is -1.99. The van der Waals surface area contributed by atoms with Crippen LogP contribution in [0.2, 0.25) is 0 Å². The Balaban J connectivity index is 0.000000419.